The Kier molecular flexibility index (Phi) is 3.47. The smallest absolute Gasteiger partial charge is 0.270 e. The molecule has 0 atom stereocenters. The second kappa shape index (κ2) is 5.29. The van der Waals surface area contributed by atoms with Crippen molar-refractivity contribution in [1.29, 1.82) is 0 Å². The average Bonchev–Trinajstić information content (AvgIpc) is 2.48. The van der Waals surface area contributed by atoms with Crippen molar-refractivity contribution in [1.82, 2.24) is 9.38 Å². The fourth-order valence-corrected chi connectivity index (χ4v) is 2.69. The summed E-state index contributed by atoms with van der Waals surface area (Å²) in [6, 6.07) is 3.73. The van der Waals surface area contributed by atoms with Crippen LogP contribution in [0, 0.1) is 6.92 Å². The van der Waals surface area contributed by atoms with E-state index in [-0.39, 0.29) is 11.1 Å². The molecule has 6 nitrogen and oxygen atoms in total. The fraction of sp³-hybridized carbons (Fsp3) is 0.400. The lowest BCUT2D eigenvalue weighted by atomic mass is 10.2. The van der Waals surface area contributed by atoms with E-state index in [1.165, 1.54) is 9.30 Å². The fourth-order valence-electron chi connectivity index (χ4n) is 2.69. The molecule has 6 heteroatoms. The molecule has 1 saturated heterocycles. The Morgan fingerprint density at radius 2 is 2.00 bits per heavy atom. The Morgan fingerprint density at radius 1 is 1.29 bits per heavy atom. The normalized spacial score (nSPS) is 16.4. The third kappa shape index (κ3) is 2.42. The van der Waals surface area contributed by atoms with Gasteiger partial charge in [-0.1, -0.05) is 6.07 Å². The molecule has 0 spiro atoms. The third-order valence-corrected chi connectivity index (χ3v) is 4.02. The molecular weight excluding hydrogens is 268 g/mol. The van der Waals surface area contributed by atoms with E-state index in [4.69, 9.17) is 0 Å². The van der Waals surface area contributed by atoms with Crippen LogP contribution in [0.3, 0.4) is 0 Å². The topological polar surface area (TPSA) is 59.1 Å². The van der Waals surface area contributed by atoms with Crippen molar-refractivity contribution in [3.8, 4) is 0 Å². The first-order valence-corrected chi connectivity index (χ1v) is 7.14. The summed E-state index contributed by atoms with van der Waals surface area (Å²) in [6.45, 7) is 5.48. The van der Waals surface area contributed by atoms with Crippen molar-refractivity contribution >= 4 is 17.8 Å². The van der Waals surface area contributed by atoms with Gasteiger partial charge >= 0.3 is 0 Å². The number of aryl methyl sites for hydroxylation is 1. The number of pyridine rings is 1. The van der Waals surface area contributed by atoms with E-state index in [9.17, 15) is 9.59 Å². The molecule has 21 heavy (non-hydrogen) atoms. The first-order valence-electron chi connectivity index (χ1n) is 7.14. The molecule has 110 valence electrons. The maximum Gasteiger partial charge on any atom is 0.270 e. The minimum Gasteiger partial charge on any atom is -0.344 e. The summed E-state index contributed by atoms with van der Waals surface area (Å²) in [7, 11) is 2.14. The molecule has 0 aliphatic carbocycles. The number of hydrogen-bond acceptors (Lipinski definition) is 4. The van der Waals surface area contributed by atoms with E-state index in [1.807, 2.05) is 24.0 Å². The van der Waals surface area contributed by atoms with Gasteiger partial charge in [0.05, 0.1) is 33.2 Å². The van der Waals surface area contributed by atoms with Crippen LogP contribution in [0.25, 0.3) is 5.65 Å². The Bertz CT molecular complexity index is 745. The van der Waals surface area contributed by atoms with Gasteiger partial charge in [-0.05, 0) is 18.6 Å². The van der Waals surface area contributed by atoms with Crippen LogP contribution in [0.15, 0.2) is 23.1 Å². The zero-order chi connectivity index (χ0) is 15.0. The summed E-state index contributed by atoms with van der Waals surface area (Å²) in [5.74, 6) is 0.520. The number of likely N-dealkylation sites (N-methyl/N-ethyl adjacent to an activating group) is 1. The van der Waals surface area contributed by atoms with Crippen molar-refractivity contribution in [3.05, 3.63) is 39.8 Å². The number of fused-ring (bicyclic) bond motifs is 1. The quantitative estimate of drug-likeness (QED) is 0.731. The summed E-state index contributed by atoms with van der Waals surface area (Å²) >= 11 is 0. The van der Waals surface area contributed by atoms with Crippen LogP contribution in [0.2, 0.25) is 0 Å². The van der Waals surface area contributed by atoms with Gasteiger partial charge in [0.25, 0.3) is 5.56 Å². The minimum atomic E-state index is -0.292. The molecule has 3 heterocycles. The highest BCUT2D eigenvalue weighted by molar-refractivity contribution is 5.83. The number of piperazine rings is 1. The van der Waals surface area contributed by atoms with E-state index in [1.54, 1.807) is 6.20 Å². The maximum atomic E-state index is 12.5. The van der Waals surface area contributed by atoms with Gasteiger partial charge in [-0.25, -0.2) is 4.98 Å². The van der Waals surface area contributed by atoms with Crippen LogP contribution >= 0.6 is 0 Å². The number of carbonyl (C=O) groups is 1. The average molecular weight is 287 g/mol. The molecule has 0 aromatic carbocycles. The Morgan fingerprint density at radius 3 is 2.67 bits per heavy atom. The number of aldehydes is 1. The molecule has 0 amide bonds. The predicted octanol–water partition coefficient (Wildman–Crippen LogP) is -0.850. The highest BCUT2D eigenvalue weighted by Crippen LogP contribution is 2.15. The molecule has 0 unspecified atom stereocenters. The molecule has 2 aromatic rings. The van der Waals surface area contributed by atoms with Crippen LogP contribution in [-0.4, -0.2) is 48.9 Å². The van der Waals surface area contributed by atoms with Gasteiger partial charge in [-0.15, -0.1) is 0 Å². The summed E-state index contributed by atoms with van der Waals surface area (Å²) in [6.07, 6.45) is 2.35. The molecule has 0 radical (unpaired) electrons. The lowest BCUT2D eigenvalue weighted by Crippen LogP contribution is -3.12. The van der Waals surface area contributed by atoms with Crippen molar-refractivity contribution in [3.63, 3.8) is 0 Å². The Labute approximate surface area is 122 Å². The molecule has 3 rings (SSSR count). The van der Waals surface area contributed by atoms with Crippen LogP contribution in [0.5, 0.6) is 0 Å². The van der Waals surface area contributed by atoms with Gasteiger partial charge < -0.3 is 9.80 Å². The van der Waals surface area contributed by atoms with Gasteiger partial charge in [0.2, 0.25) is 0 Å². The monoisotopic (exact) mass is 287 g/mol. The van der Waals surface area contributed by atoms with E-state index in [0.29, 0.717) is 17.8 Å². The number of nitrogens with one attached hydrogen (secondary N) is 1. The van der Waals surface area contributed by atoms with Crippen LogP contribution in [0.4, 0.5) is 5.82 Å². The highest BCUT2D eigenvalue weighted by atomic mass is 16.1. The van der Waals surface area contributed by atoms with E-state index in [2.05, 4.69) is 12.0 Å². The number of quaternary nitrogens is 1. The number of nitrogens with zero attached hydrogens (tertiary/aromatic N) is 3. The number of carbonyl (C=O) groups excluding carboxylic acids is 1. The largest absolute Gasteiger partial charge is 0.344 e. The van der Waals surface area contributed by atoms with E-state index < -0.39 is 0 Å². The zero-order valence-electron chi connectivity index (χ0n) is 12.3. The van der Waals surface area contributed by atoms with E-state index >= 15 is 0 Å². The molecule has 0 bridgehead atoms. The lowest BCUT2D eigenvalue weighted by molar-refractivity contribution is -0.880. The van der Waals surface area contributed by atoms with Crippen molar-refractivity contribution in [2.75, 3.05) is 38.1 Å². The molecule has 1 fully saturated rings. The zero-order valence-corrected chi connectivity index (χ0v) is 12.3. The van der Waals surface area contributed by atoms with Crippen molar-refractivity contribution in [2.45, 2.75) is 6.92 Å². The van der Waals surface area contributed by atoms with Gasteiger partial charge in [0.1, 0.15) is 17.0 Å². The number of hydrogen-bond donors (Lipinski definition) is 1. The number of aromatic nitrogens is 2. The Hall–Kier alpha value is -2.21. The number of rotatable bonds is 2. The first kappa shape index (κ1) is 13.8. The molecule has 0 saturated carbocycles. The second-order valence-corrected chi connectivity index (χ2v) is 5.65. The summed E-state index contributed by atoms with van der Waals surface area (Å²) in [5, 5.41) is 0. The highest BCUT2D eigenvalue weighted by Gasteiger charge is 2.23. The molecule has 1 aliphatic heterocycles. The molecular formula is C15H19N4O2+. The predicted molar refractivity (Wildman–Crippen MR) is 80.4 cm³/mol. The van der Waals surface area contributed by atoms with Crippen LogP contribution in [0.1, 0.15) is 15.9 Å². The first-order chi connectivity index (χ1) is 10.1. The van der Waals surface area contributed by atoms with Crippen molar-refractivity contribution < 1.29 is 9.69 Å². The standard InChI is InChI=1S/C15H18N4O2/c1-11-3-4-13-16-14(18-7-5-17(2)6-8-18)12(10-20)15(21)19(13)9-11/h3-4,9-10H,5-8H2,1-2H3/p+1. The molecule has 1 aliphatic rings. The van der Waals surface area contributed by atoms with E-state index in [0.717, 1.165) is 31.7 Å². The summed E-state index contributed by atoms with van der Waals surface area (Å²) < 4.78 is 1.45. The van der Waals surface area contributed by atoms with Gasteiger partial charge in [-0.2, -0.15) is 0 Å². The molecule has 1 N–H and O–H groups in total. The molecule has 2 aromatic heterocycles. The third-order valence-electron chi connectivity index (χ3n) is 4.02. The number of anilines is 1. The minimum absolute atomic E-state index is 0.151. The van der Waals surface area contributed by atoms with Crippen LogP contribution < -0.4 is 15.4 Å². The summed E-state index contributed by atoms with van der Waals surface area (Å²) in [4.78, 5) is 31.9. The van der Waals surface area contributed by atoms with Crippen molar-refractivity contribution in [2.24, 2.45) is 0 Å². The second-order valence-electron chi connectivity index (χ2n) is 5.65. The van der Waals surface area contributed by atoms with Gasteiger partial charge in [0.15, 0.2) is 6.29 Å². The van der Waals surface area contributed by atoms with Crippen LogP contribution in [-0.2, 0) is 0 Å². The summed E-state index contributed by atoms with van der Waals surface area (Å²) in [5.41, 5.74) is 1.40. The Balaban J connectivity index is 2.16. The lowest BCUT2D eigenvalue weighted by Gasteiger charge is -2.31. The maximum absolute atomic E-state index is 12.5. The van der Waals surface area contributed by atoms with Gasteiger partial charge in [0, 0.05) is 6.20 Å². The van der Waals surface area contributed by atoms with Gasteiger partial charge in [-0.3, -0.25) is 14.0 Å². The SMILES string of the molecule is Cc1ccc2nc(N3CC[NH+](C)CC3)c(C=O)c(=O)n2c1.